The van der Waals surface area contributed by atoms with E-state index in [0.717, 1.165) is 75.6 Å². The van der Waals surface area contributed by atoms with Crippen molar-refractivity contribution in [1.82, 2.24) is 14.9 Å². The molecule has 28 heavy (non-hydrogen) atoms. The predicted molar refractivity (Wildman–Crippen MR) is 111 cm³/mol. The molecule has 1 spiro atoms. The van der Waals surface area contributed by atoms with E-state index in [2.05, 4.69) is 52.0 Å². The molecule has 3 heterocycles. The Balaban J connectivity index is 1.46. The van der Waals surface area contributed by atoms with Crippen LogP contribution >= 0.6 is 0 Å². The van der Waals surface area contributed by atoms with Crippen LogP contribution in [0.4, 0.5) is 5.82 Å². The van der Waals surface area contributed by atoms with E-state index in [4.69, 9.17) is 4.98 Å². The van der Waals surface area contributed by atoms with Crippen molar-refractivity contribution in [3.05, 3.63) is 53.5 Å². The van der Waals surface area contributed by atoms with Crippen molar-refractivity contribution < 1.29 is 4.79 Å². The number of nitrogens with zero attached hydrogens (tertiary/aromatic N) is 4. The highest BCUT2D eigenvalue weighted by Crippen LogP contribution is 2.41. The van der Waals surface area contributed by atoms with Crippen LogP contribution in [0.15, 0.2) is 36.4 Å². The van der Waals surface area contributed by atoms with Crippen LogP contribution in [0.3, 0.4) is 0 Å². The Bertz CT molecular complexity index is 838. The van der Waals surface area contributed by atoms with Crippen molar-refractivity contribution in [3.63, 3.8) is 0 Å². The monoisotopic (exact) mass is 378 g/mol. The Hall–Kier alpha value is -2.43. The maximum atomic E-state index is 13.4. The lowest BCUT2D eigenvalue weighted by Crippen LogP contribution is -2.50. The first-order valence-electron chi connectivity index (χ1n) is 10.5. The average Bonchev–Trinajstić information content (AvgIpc) is 3.14. The number of carbonyl (C=O) groups is 1. The first kappa shape index (κ1) is 18.9. The molecule has 0 saturated carbocycles. The van der Waals surface area contributed by atoms with E-state index in [1.807, 2.05) is 13.0 Å². The van der Waals surface area contributed by atoms with Crippen LogP contribution in [0.2, 0.25) is 0 Å². The number of hydrogen-bond donors (Lipinski definition) is 0. The fourth-order valence-electron chi connectivity index (χ4n) is 4.65. The zero-order valence-corrected chi connectivity index (χ0v) is 17.0. The van der Waals surface area contributed by atoms with Gasteiger partial charge in [0.1, 0.15) is 11.6 Å². The summed E-state index contributed by atoms with van der Waals surface area (Å²) in [6.07, 6.45) is 4.78. The van der Waals surface area contributed by atoms with Gasteiger partial charge in [-0.1, -0.05) is 37.3 Å². The average molecular weight is 379 g/mol. The summed E-state index contributed by atoms with van der Waals surface area (Å²) in [5, 5.41) is 0. The first-order chi connectivity index (χ1) is 13.6. The van der Waals surface area contributed by atoms with Crippen molar-refractivity contribution in [2.45, 2.75) is 46.0 Å². The first-order valence-corrected chi connectivity index (χ1v) is 10.5. The minimum atomic E-state index is -0.236. The minimum absolute atomic E-state index is 0.236. The molecular weight excluding hydrogens is 348 g/mol. The Labute approximate surface area is 167 Å². The van der Waals surface area contributed by atoms with Crippen LogP contribution in [0.5, 0.6) is 0 Å². The molecule has 1 aromatic heterocycles. The lowest BCUT2D eigenvalue weighted by atomic mass is 9.78. The van der Waals surface area contributed by atoms with Crippen LogP contribution in [0.25, 0.3) is 0 Å². The van der Waals surface area contributed by atoms with Gasteiger partial charge in [0.2, 0.25) is 5.91 Å². The number of aryl methyl sites for hydroxylation is 2. The molecule has 2 aromatic rings. The van der Waals surface area contributed by atoms with Gasteiger partial charge in [-0.2, -0.15) is 0 Å². The summed E-state index contributed by atoms with van der Waals surface area (Å²) in [7, 11) is 0. The number of piperidine rings is 1. The van der Waals surface area contributed by atoms with E-state index in [9.17, 15) is 4.79 Å². The molecule has 1 atom stereocenters. The third-order valence-corrected chi connectivity index (χ3v) is 6.22. The summed E-state index contributed by atoms with van der Waals surface area (Å²) in [5.74, 6) is 2.21. The zero-order chi connectivity index (χ0) is 19.6. The molecule has 2 aliphatic rings. The molecule has 0 unspecified atom stereocenters. The third-order valence-electron chi connectivity index (χ3n) is 6.22. The van der Waals surface area contributed by atoms with Gasteiger partial charge in [0.05, 0.1) is 5.41 Å². The van der Waals surface area contributed by atoms with Crippen molar-refractivity contribution >= 4 is 11.7 Å². The Morgan fingerprint density at radius 1 is 1.11 bits per heavy atom. The maximum Gasteiger partial charge on any atom is 0.230 e. The number of benzene rings is 1. The standard InChI is InChI=1S/C23H30N4O/c1-3-20-24-18(2)16-21(25-20)27-15-12-23(17-27)11-7-13-26(22(23)28)14-10-19-8-5-4-6-9-19/h4-6,8-9,16H,3,7,10-15,17H2,1-2H3/t23-/m0/s1. The number of anilines is 1. The van der Waals surface area contributed by atoms with E-state index in [0.29, 0.717) is 5.91 Å². The highest BCUT2D eigenvalue weighted by molar-refractivity contribution is 5.85. The molecule has 0 aliphatic carbocycles. The molecule has 0 bridgehead atoms. The summed E-state index contributed by atoms with van der Waals surface area (Å²) in [6, 6.07) is 12.5. The number of amides is 1. The maximum absolute atomic E-state index is 13.4. The molecular formula is C23H30N4O. The fourth-order valence-corrected chi connectivity index (χ4v) is 4.65. The molecule has 1 amide bonds. The van der Waals surface area contributed by atoms with E-state index >= 15 is 0 Å². The van der Waals surface area contributed by atoms with Crippen LogP contribution in [-0.2, 0) is 17.6 Å². The number of hydrogen-bond acceptors (Lipinski definition) is 4. The molecule has 0 N–H and O–H groups in total. The lowest BCUT2D eigenvalue weighted by molar-refractivity contribution is -0.144. The van der Waals surface area contributed by atoms with Crippen LogP contribution in [0.1, 0.15) is 43.3 Å². The lowest BCUT2D eigenvalue weighted by Gasteiger charge is -2.39. The van der Waals surface area contributed by atoms with E-state index in [-0.39, 0.29) is 5.41 Å². The second-order valence-corrected chi connectivity index (χ2v) is 8.22. The van der Waals surface area contributed by atoms with Crippen LogP contribution in [-0.4, -0.2) is 47.0 Å². The van der Waals surface area contributed by atoms with Crippen molar-refractivity contribution in [3.8, 4) is 0 Å². The Morgan fingerprint density at radius 2 is 1.93 bits per heavy atom. The summed E-state index contributed by atoms with van der Waals surface area (Å²) in [6.45, 7) is 7.49. The largest absolute Gasteiger partial charge is 0.355 e. The second-order valence-electron chi connectivity index (χ2n) is 8.22. The number of likely N-dealkylation sites (tertiary alicyclic amines) is 1. The smallest absolute Gasteiger partial charge is 0.230 e. The van der Waals surface area contributed by atoms with Crippen LogP contribution < -0.4 is 4.90 Å². The van der Waals surface area contributed by atoms with Gasteiger partial charge in [-0.15, -0.1) is 0 Å². The molecule has 2 aliphatic heterocycles. The van der Waals surface area contributed by atoms with E-state index in [1.54, 1.807) is 0 Å². The topological polar surface area (TPSA) is 49.3 Å². The predicted octanol–water partition coefficient (Wildman–Crippen LogP) is 3.41. The summed E-state index contributed by atoms with van der Waals surface area (Å²) >= 11 is 0. The summed E-state index contributed by atoms with van der Waals surface area (Å²) in [4.78, 5) is 27.0. The molecule has 4 rings (SSSR count). The van der Waals surface area contributed by atoms with E-state index in [1.165, 1.54) is 5.56 Å². The Morgan fingerprint density at radius 3 is 2.71 bits per heavy atom. The highest BCUT2D eigenvalue weighted by atomic mass is 16.2. The molecule has 1 aromatic carbocycles. The third kappa shape index (κ3) is 3.75. The van der Waals surface area contributed by atoms with Crippen molar-refractivity contribution in [2.24, 2.45) is 5.41 Å². The summed E-state index contributed by atoms with van der Waals surface area (Å²) < 4.78 is 0. The minimum Gasteiger partial charge on any atom is -0.355 e. The van der Waals surface area contributed by atoms with Gasteiger partial charge in [-0.25, -0.2) is 9.97 Å². The van der Waals surface area contributed by atoms with Gasteiger partial charge < -0.3 is 9.80 Å². The van der Waals surface area contributed by atoms with Crippen molar-refractivity contribution in [1.29, 1.82) is 0 Å². The van der Waals surface area contributed by atoms with Gasteiger partial charge in [0, 0.05) is 44.4 Å². The molecule has 2 fully saturated rings. The number of aromatic nitrogens is 2. The molecule has 5 heteroatoms. The van der Waals surface area contributed by atoms with Crippen molar-refractivity contribution in [2.75, 3.05) is 31.1 Å². The molecule has 148 valence electrons. The van der Waals surface area contributed by atoms with Gasteiger partial charge in [0.25, 0.3) is 0 Å². The summed E-state index contributed by atoms with van der Waals surface area (Å²) in [5.41, 5.74) is 2.06. The van der Waals surface area contributed by atoms with Gasteiger partial charge in [-0.3, -0.25) is 4.79 Å². The molecule has 0 radical (unpaired) electrons. The number of rotatable bonds is 5. The number of carbonyl (C=O) groups excluding carboxylic acids is 1. The molecule has 5 nitrogen and oxygen atoms in total. The fraction of sp³-hybridized carbons (Fsp3) is 0.522. The normalized spacial score (nSPS) is 22.3. The zero-order valence-electron chi connectivity index (χ0n) is 17.0. The SMILES string of the molecule is CCc1nc(C)cc(N2CC[C@@]3(CCCN(CCc4ccccc4)C3=O)C2)n1. The van der Waals surface area contributed by atoms with Gasteiger partial charge >= 0.3 is 0 Å². The molecule has 2 saturated heterocycles. The van der Waals surface area contributed by atoms with Gasteiger partial charge in [-0.05, 0) is 38.2 Å². The van der Waals surface area contributed by atoms with Gasteiger partial charge in [0.15, 0.2) is 0 Å². The quantitative estimate of drug-likeness (QED) is 0.800. The highest BCUT2D eigenvalue weighted by Gasteiger charge is 2.48. The Kier molecular flexibility index (Phi) is 5.33. The van der Waals surface area contributed by atoms with Crippen LogP contribution in [0, 0.1) is 12.3 Å². The second kappa shape index (κ2) is 7.90. The van der Waals surface area contributed by atoms with E-state index < -0.39 is 0 Å².